The van der Waals surface area contributed by atoms with E-state index >= 15 is 0 Å². The number of hydrogen-bond acceptors (Lipinski definition) is 2. The van der Waals surface area contributed by atoms with Crippen LogP contribution in [0.5, 0.6) is 0 Å². The summed E-state index contributed by atoms with van der Waals surface area (Å²) in [7, 11) is 0. The van der Waals surface area contributed by atoms with E-state index in [0.29, 0.717) is 6.54 Å². The van der Waals surface area contributed by atoms with Crippen molar-refractivity contribution in [2.45, 2.75) is 20.3 Å². The molecule has 0 bridgehead atoms. The van der Waals surface area contributed by atoms with Crippen LogP contribution in [0.1, 0.15) is 42.5 Å². The highest BCUT2D eigenvalue weighted by atomic mass is 14.9. The smallest absolute Gasteiger partial charge is 0.0390 e. The average molecular weight is 625 g/mol. The summed E-state index contributed by atoms with van der Waals surface area (Å²) in [5.74, 6) is 0. The molecule has 0 amide bonds. The fraction of sp³-hybridized carbons (Fsp3) is 0.0870. The number of rotatable bonds is 13. The van der Waals surface area contributed by atoms with E-state index < -0.39 is 0 Å². The van der Waals surface area contributed by atoms with E-state index in [1.165, 1.54) is 21.9 Å². The van der Waals surface area contributed by atoms with Gasteiger partial charge in [0.25, 0.3) is 0 Å². The first-order valence-corrected chi connectivity index (χ1v) is 16.4. The zero-order valence-corrected chi connectivity index (χ0v) is 28.0. The number of fused-ring (bicyclic) bond motifs is 1. The topological polar surface area (TPSA) is 38.0 Å². The molecule has 0 saturated heterocycles. The molecule has 0 aliphatic rings. The van der Waals surface area contributed by atoms with Crippen LogP contribution >= 0.6 is 0 Å². The largest absolute Gasteiger partial charge is 0.356 e. The second kappa shape index (κ2) is 16.2. The first-order valence-electron chi connectivity index (χ1n) is 16.4. The number of hydrogen-bond donors (Lipinski definition) is 2. The molecule has 48 heavy (non-hydrogen) atoms. The van der Waals surface area contributed by atoms with E-state index in [1.807, 2.05) is 42.5 Å². The van der Waals surface area contributed by atoms with Gasteiger partial charge in [-0.05, 0) is 99.3 Å². The fourth-order valence-corrected chi connectivity index (χ4v) is 5.94. The highest BCUT2D eigenvalue weighted by molar-refractivity contribution is 6.03. The van der Waals surface area contributed by atoms with E-state index in [4.69, 9.17) is 5.73 Å². The number of para-hydroxylation sites is 1. The maximum atomic E-state index is 6.14. The van der Waals surface area contributed by atoms with Crippen molar-refractivity contribution in [3.05, 3.63) is 199 Å². The minimum atomic E-state index is 0.442. The summed E-state index contributed by atoms with van der Waals surface area (Å²) in [5.41, 5.74) is 19.2. The Morgan fingerprint density at radius 3 is 2.15 bits per heavy atom. The molecule has 5 aromatic rings. The lowest BCUT2D eigenvalue weighted by molar-refractivity contribution is 1.23. The molecule has 2 heteroatoms. The standard InChI is InChI=1S/C46H44N2/c1-6-17-40(32-47)44-29-28-43(45-24-14-15-25-46(44)45)39-26-27-42(35(5)48-41-22-12-9-13-23-41)38(31-39)21-16-18-33(3)34(4)30-36(7-2)37-19-10-8-11-20-37/h6-17,19-31,48H,1,3,5,18,32,47H2,2,4H3/b21-16-,34-30-,36-7+,40-17+. The monoisotopic (exact) mass is 624 g/mol. The van der Waals surface area contributed by atoms with Crippen molar-refractivity contribution >= 4 is 39.4 Å². The lowest BCUT2D eigenvalue weighted by atomic mass is 9.90. The quantitative estimate of drug-likeness (QED) is 0.128. The summed E-state index contributed by atoms with van der Waals surface area (Å²) in [6, 6.07) is 40.1. The van der Waals surface area contributed by atoms with Gasteiger partial charge in [-0.1, -0.05) is 153 Å². The molecule has 0 aliphatic heterocycles. The lowest BCUT2D eigenvalue weighted by Crippen LogP contribution is -2.03. The summed E-state index contributed by atoms with van der Waals surface area (Å²) in [5, 5.41) is 5.84. The number of anilines is 1. The van der Waals surface area contributed by atoms with Crippen LogP contribution in [-0.2, 0) is 0 Å². The van der Waals surface area contributed by atoms with Crippen LogP contribution in [0.25, 0.3) is 44.8 Å². The van der Waals surface area contributed by atoms with E-state index in [0.717, 1.165) is 62.3 Å². The van der Waals surface area contributed by atoms with Gasteiger partial charge >= 0.3 is 0 Å². The maximum Gasteiger partial charge on any atom is 0.0390 e. The van der Waals surface area contributed by atoms with Crippen LogP contribution in [-0.4, -0.2) is 6.54 Å². The van der Waals surface area contributed by atoms with Gasteiger partial charge in [0, 0.05) is 23.5 Å². The molecule has 2 nitrogen and oxygen atoms in total. The van der Waals surface area contributed by atoms with Crippen molar-refractivity contribution in [3.8, 4) is 11.1 Å². The first kappa shape index (κ1) is 33.7. The van der Waals surface area contributed by atoms with Crippen molar-refractivity contribution in [1.82, 2.24) is 0 Å². The lowest BCUT2D eigenvalue weighted by Gasteiger charge is -2.16. The molecule has 0 unspecified atom stereocenters. The molecule has 3 N–H and O–H groups in total. The molecule has 0 saturated carbocycles. The molecular formula is C46H44N2. The van der Waals surface area contributed by atoms with Crippen LogP contribution in [0.2, 0.25) is 0 Å². The summed E-state index contributed by atoms with van der Waals surface area (Å²) >= 11 is 0. The SMILES string of the molecule is C=C/C=C(\CN)c1ccc(-c2ccc(C(=C)Nc3ccccc3)c(/C=C\CC(=C)/C(C)=C\C(=C/C)c3ccccc3)c2)c2ccccc12. The van der Waals surface area contributed by atoms with Crippen molar-refractivity contribution in [2.24, 2.45) is 5.73 Å². The zero-order chi connectivity index (χ0) is 33.9. The van der Waals surface area contributed by atoms with E-state index in [2.05, 4.69) is 142 Å². The van der Waals surface area contributed by atoms with E-state index in [1.54, 1.807) is 6.08 Å². The van der Waals surface area contributed by atoms with Crippen LogP contribution in [0.3, 0.4) is 0 Å². The van der Waals surface area contributed by atoms with Gasteiger partial charge in [-0.3, -0.25) is 0 Å². The summed E-state index contributed by atoms with van der Waals surface area (Å²) in [6.45, 7) is 17.4. The number of benzene rings is 5. The van der Waals surface area contributed by atoms with Gasteiger partial charge in [0.1, 0.15) is 0 Å². The molecule has 0 spiro atoms. The third kappa shape index (κ3) is 7.98. The van der Waals surface area contributed by atoms with Gasteiger partial charge in [-0.25, -0.2) is 0 Å². The molecule has 0 fully saturated rings. The van der Waals surface area contributed by atoms with Crippen molar-refractivity contribution in [3.63, 3.8) is 0 Å². The predicted molar refractivity (Wildman–Crippen MR) is 212 cm³/mol. The van der Waals surface area contributed by atoms with Gasteiger partial charge in [-0.2, -0.15) is 0 Å². The Balaban J connectivity index is 1.51. The van der Waals surface area contributed by atoms with E-state index in [9.17, 15) is 0 Å². The predicted octanol–water partition coefficient (Wildman–Crippen LogP) is 12.1. The molecule has 0 atom stereocenters. The maximum absolute atomic E-state index is 6.14. The summed E-state index contributed by atoms with van der Waals surface area (Å²) in [6.07, 6.45) is 13.3. The minimum Gasteiger partial charge on any atom is -0.356 e. The Morgan fingerprint density at radius 2 is 1.46 bits per heavy atom. The second-order valence-electron chi connectivity index (χ2n) is 11.8. The number of allylic oxidation sites excluding steroid dienone is 8. The summed E-state index contributed by atoms with van der Waals surface area (Å²) in [4.78, 5) is 0. The highest BCUT2D eigenvalue weighted by Crippen LogP contribution is 2.36. The molecule has 0 radical (unpaired) electrons. The molecule has 0 heterocycles. The zero-order valence-electron chi connectivity index (χ0n) is 28.0. The van der Waals surface area contributed by atoms with Crippen LogP contribution in [0.15, 0.2) is 177 Å². The van der Waals surface area contributed by atoms with Gasteiger partial charge in [0.2, 0.25) is 0 Å². The molecule has 0 aliphatic carbocycles. The van der Waals surface area contributed by atoms with E-state index in [-0.39, 0.29) is 0 Å². The Morgan fingerprint density at radius 1 is 0.792 bits per heavy atom. The van der Waals surface area contributed by atoms with Gasteiger partial charge in [0.15, 0.2) is 0 Å². The first-order chi connectivity index (χ1) is 23.4. The molecule has 5 rings (SSSR count). The molecule has 238 valence electrons. The Bertz CT molecular complexity index is 2050. The third-order valence-corrected chi connectivity index (χ3v) is 8.58. The normalized spacial score (nSPS) is 12.4. The Labute approximate surface area is 286 Å². The highest BCUT2D eigenvalue weighted by Gasteiger charge is 2.13. The van der Waals surface area contributed by atoms with Gasteiger partial charge in [-0.15, -0.1) is 0 Å². The van der Waals surface area contributed by atoms with Gasteiger partial charge < -0.3 is 11.1 Å². The average Bonchev–Trinajstić information content (AvgIpc) is 3.13. The van der Waals surface area contributed by atoms with Crippen LogP contribution < -0.4 is 11.1 Å². The van der Waals surface area contributed by atoms with Crippen molar-refractivity contribution < 1.29 is 0 Å². The van der Waals surface area contributed by atoms with Gasteiger partial charge in [0.05, 0.1) is 0 Å². The van der Waals surface area contributed by atoms with Crippen LogP contribution in [0.4, 0.5) is 5.69 Å². The van der Waals surface area contributed by atoms with Crippen molar-refractivity contribution in [2.75, 3.05) is 11.9 Å². The fourth-order valence-electron chi connectivity index (χ4n) is 5.94. The van der Waals surface area contributed by atoms with Crippen molar-refractivity contribution in [1.29, 1.82) is 0 Å². The number of nitrogens with one attached hydrogen (secondary N) is 1. The molecular weight excluding hydrogens is 581 g/mol. The molecule has 0 aromatic heterocycles. The summed E-state index contributed by atoms with van der Waals surface area (Å²) < 4.78 is 0. The molecule has 5 aromatic carbocycles. The third-order valence-electron chi connectivity index (χ3n) is 8.58. The number of nitrogens with two attached hydrogens (primary N) is 1. The second-order valence-corrected chi connectivity index (χ2v) is 11.8. The Hall–Kier alpha value is -5.70. The minimum absolute atomic E-state index is 0.442. The Kier molecular flexibility index (Phi) is 11.4. The van der Waals surface area contributed by atoms with Crippen LogP contribution in [0, 0.1) is 0 Å².